The number of aliphatic hydroxyl groups excluding tert-OH is 1. The fourth-order valence-electron chi connectivity index (χ4n) is 7.98. The van der Waals surface area contributed by atoms with Gasteiger partial charge in [-0.1, -0.05) is 77.8 Å². The van der Waals surface area contributed by atoms with Crippen LogP contribution in [0, 0.1) is 29.6 Å². The molecular formula is C43H68N4O8. The second-order valence-electron chi connectivity index (χ2n) is 17.4. The number of amides is 4. The maximum Gasteiger partial charge on any atom is 0.306 e. The number of esters is 1. The molecule has 1 aliphatic carbocycles. The molecule has 0 spiro atoms. The standard InChI is InChI=1S/C43H68N4O8/c1-10-17-34(38(50)41(53)44-28(6)29-18-12-11-13-19-29)45-40(52)37-32-22-16-20-30(32)25-47(37)42(54)36(27(4)5)46-39(51)33(26(2)3)24-31(48)21-14-15-23-35(49)55-43(7,8)9/h11-13,18-19,26-28,30,32-34,36-38,50H,10,14-17,20-25H2,1-9H3,(H,44,53)(H,45,52)(H,46,51)/t28-,30-,32-,33-,34?,36-,37-,38?/m0/s1. The summed E-state index contributed by atoms with van der Waals surface area (Å²) in [6, 6.07) is 6.47. The van der Waals surface area contributed by atoms with Crippen molar-refractivity contribution in [2.24, 2.45) is 29.6 Å². The van der Waals surface area contributed by atoms with Gasteiger partial charge >= 0.3 is 5.97 Å². The number of unbranched alkanes of at least 4 members (excludes halogenated alkanes) is 1. The highest BCUT2D eigenvalue weighted by atomic mass is 16.6. The highest BCUT2D eigenvalue weighted by molar-refractivity contribution is 5.95. The molecule has 4 amide bonds. The molecule has 1 saturated heterocycles. The van der Waals surface area contributed by atoms with Gasteiger partial charge in [0.05, 0.1) is 12.1 Å². The number of hydrogen-bond acceptors (Lipinski definition) is 8. The number of ketones is 1. The number of aliphatic hydroxyl groups is 1. The maximum atomic E-state index is 14.4. The molecule has 1 saturated carbocycles. The molecule has 1 heterocycles. The summed E-state index contributed by atoms with van der Waals surface area (Å²) in [6.07, 6.45) is 3.56. The van der Waals surface area contributed by atoms with E-state index >= 15 is 0 Å². The molecule has 0 bridgehead atoms. The van der Waals surface area contributed by atoms with Gasteiger partial charge in [-0.05, 0) is 89.0 Å². The molecule has 1 aliphatic heterocycles. The van der Waals surface area contributed by atoms with Gasteiger partial charge in [-0.2, -0.15) is 0 Å². The number of Topliss-reactive ketones (excluding diaryl/α,β-unsaturated/α-hetero) is 1. The van der Waals surface area contributed by atoms with Gasteiger partial charge < -0.3 is 30.7 Å². The summed E-state index contributed by atoms with van der Waals surface area (Å²) in [5.41, 5.74) is 0.320. The predicted octanol–water partition coefficient (Wildman–Crippen LogP) is 5.41. The SMILES string of the molecule is CCCC(NC(=O)[C@@H]1[C@H]2CCC[C@H]2CN1C(=O)[C@@H](NC(=O)[C@@H](CC(=O)CCCCC(=O)OC(C)(C)C)C(C)C)C(C)C)C(O)C(=O)N[C@@H](C)c1ccccc1. The molecule has 2 unspecified atom stereocenters. The van der Waals surface area contributed by atoms with E-state index in [9.17, 15) is 33.9 Å². The van der Waals surface area contributed by atoms with E-state index in [-0.39, 0.29) is 72.5 Å². The number of ether oxygens (including phenoxy) is 1. The van der Waals surface area contributed by atoms with Gasteiger partial charge in [0.15, 0.2) is 6.10 Å². The van der Waals surface area contributed by atoms with Gasteiger partial charge in [-0.25, -0.2) is 0 Å². The Morgan fingerprint density at radius 2 is 1.53 bits per heavy atom. The van der Waals surface area contributed by atoms with Crippen molar-refractivity contribution in [3.05, 3.63) is 35.9 Å². The van der Waals surface area contributed by atoms with E-state index in [2.05, 4.69) is 16.0 Å². The molecule has 0 radical (unpaired) electrons. The number of fused-ring (bicyclic) bond motifs is 1. The van der Waals surface area contributed by atoms with Crippen molar-refractivity contribution < 1.29 is 38.6 Å². The Morgan fingerprint density at radius 3 is 2.13 bits per heavy atom. The first-order chi connectivity index (χ1) is 25.8. The second kappa shape index (κ2) is 20.9. The van der Waals surface area contributed by atoms with E-state index in [1.807, 2.05) is 92.6 Å². The molecule has 12 nitrogen and oxygen atoms in total. The van der Waals surface area contributed by atoms with E-state index in [4.69, 9.17) is 4.74 Å². The van der Waals surface area contributed by atoms with E-state index in [1.165, 1.54) is 0 Å². The normalized spacial score (nSPS) is 20.9. The van der Waals surface area contributed by atoms with Crippen LogP contribution in [0.4, 0.5) is 0 Å². The number of nitrogens with zero attached hydrogens (tertiary/aromatic N) is 1. The fourth-order valence-corrected chi connectivity index (χ4v) is 7.98. The van der Waals surface area contributed by atoms with Crippen LogP contribution in [0.2, 0.25) is 0 Å². The summed E-state index contributed by atoms with van der Waals surface area (Å²) < 4.78 is 5.34. The Kier molecular flexibility index (Phi) is 17.3. The van der Waals surface area contributed by atoms with E-state index in [1.54, 1.807) is 4.90 Å². The number of carbonyl (C=O) groups excluding carboxylic acids is 6. The average molecular weight is 769 g/mol. The molecule has 1 aromatic rings. The van der Waals surface area contributed by atoms with Crippen LogP contribution in [0.1, 0.15) is 138 Å². The van der Waals surface area contributed by atoms with Crippen LogP contribution in [0.5, 0.6) is 0 Å². The Bertz CT molecular complexity index is 1460. The molecule has 8 atom stereocenters. The van der Waals surface area contributed by atoms with Gasteiger partial charge in [-0.3, -0.25) is 28.8 Å². The lowest BCUT2D eigenvalue weighted by molar-refractivity contribution is -0.155. The third-order valence-electron chi connectivity index (χ3n) is 11.0. The first kappa shape index (κ1) is 45.6. The Hall–Kier alpha value is -3.80. The minimum atomic E-state index is -1.50. The number of likely N-dealkylation sites (tertiary alicyclic amines) is 1. The Labute approximate surface area is 328 Å². The number of nitrogens with one attached hydrogen (secondary N) is 3. The van der Waals surface area contributed by atoms with E-state index < -0.39 is 47.6 Å². The Morgan fingerprint density at radius 1 is 0.873 bits per heavy atom. The average Bonchev–Trinajstić information content (AvgIpc) is 3.72. The lowest BCUT2D eigenvalue weighted by Crippen LogP contribution is -2.59. The third kappa shape index (κ3) is 13.4. The molecule has 12 heteroatoms. The molecule has 4 N–H and O–H groups in total. The molecule has 1 aromatic carbocycles. The predicted molar refractivity (Wildman–Crippen MR) is 211 cm³/mol. The number of carbonyl (C=O) groups is 6. The zero-order valence-corrected chi connectivity index (χ0v) is 34.7. The molecule has 2 aliphatic rings. The first-order valence-corrected chi connectivity index (χ1v) is 20.5. The zero-order valence-electron chi connectivity index (χ0n) is 34.7. The summed E-state index contributed by atoms with van der Waals surface area (Å²) in [7, 11) is 0. The van der Waals surface area contributed by atoms with Crippen molar-refractivity contribution in [1.82, 2.24) is 20.9 Å². The smallest absolute Gasteiger partial charge is 0.306 e. The summed E-state index contributed by atoms with van der Waals surface area (Å²) in [5, 5.41) is 20.0. The van der Waals surface area contributed by atoms with E-state index in [0.717, 1.165) is 24.8 Å². The molecular weight excluding hydrogens is 700 g/mol. The summed E-state index contributed by atoms with van der Waals surface area (Å²) in [4.78, 5) is 82.3. The summed E-state index contributed by atoms with van der Waals surface area (Å²) in [6.45, 7) is 17.0. The van der Waals surface area contributed by atoms with Gasteiger partial charge in [0.2, 0.25) is 17.7 Å². The molecule has 3 rings (SSSR count). The summed E-state index contributed by atoms with van der Waals surface area (Å²) in [5.74, 6) is -3.19. The van der Waals surface area contributed by atoms with Crippen LogP contribution in [0.3, 0.4) is 0 Å². The van der Waals surface area contributed by atoms with Gasteiger partial charge in [0, 0.05) is 31.7 Å². The first-order valence-electron chi connectivity index (χ1n) is 20.5. The second-order valence-corrected chi connectivity index (χ2v) is 17.4. The number of rotatable bonds is 20. The largest absolute Gasteiger partial charge is 0.460 e. The fraction of sp³-hybridized carbons (Fsp3) is 0.721. The van der Waals surface area contributed by atoms with Gasteiger partial charge in [-0.15, -0.1) is 0 Å². The van der Waals surface area contributed by atoms with Crippen molar-refractivity contribution in [1.29, 1.82) is 0 Å². The lowest BCUT2D eigenvalue weighted by Gasteiger charge is -2.34. The van der Waals surface area contributed by atoms with Crippen LogP contribution in [0.25, 0.3) is 0 Å². The van der Waals surface area contributed by atoms with Crippen molar-refractivity contribution in [2.45, 2.75) is 162 Å². The van der Waals surface area contributed by atoms with Gasteiger partial charge in [0.25, 0.3) is 5.91 Å². The van der Waals surface area contributed by atoms with Gasteiger partial charge in [0.1, 0.15) is 23.5 Å². The minimum Gasteiger partial charge on any atom is -0.460 e. The Balaban J connectivity index is 1.69. The topological polar surface area (TPSA) is 171 Å². The van der Waals surface area contributed by atoms with Crippen LogP contribution >= 0.6 is 0 Å². The number of benzene rings is 1. The number of hydrogen-bond donors (Lipinski definition) is 4. The molecule has 308 valence electrons. The highest BCUT2D eigenvalue weighted by Crippen LogP contribution is 2.43. The van der Waals surface area contributed by atoms with Crippen molar-refractivity contribution in [3.8, 4) is 0 Å². The third-order valence-corrected chi connectivity index (χ3v) is 11.0. The van der Waals surface area contributed by atoms with Crippen LogP contribution in [-0.4, -0.2) is 81.8 Å². The molecule has 55 heavy (non-hydrogen) atoms. The lowest BCUT2D eigenvalue weighted by atomic mass is 9.88. The van der Waals surface area contributed by atoms with Crippen LogP contribution in [-0.2, 0) is 33.5 Å². The quantitative estimate of drug-likeness (QED) is 0.101. The highest BCUT2D eigenvalue weighted by Gasteiger charge is 2.51. The van der Waals surface area contributed by atoms with Crippen LogP contribution < -0.4 is 16.0 Å². The molecule has 2 fully saturated rings. The van der Waals surface area contributed by atoms with E-state index in [0.29, 0.717) is 32.2 Å². The maximum absolute atomic E-state index is 14.4. The molecule has 0 aromatic heterocycles. The zero-order chi connectivity index (χ0) is 41.0. The van der Waals surface area contributed by atoms with Crippen molar-refractivity contribution >= 4 is 35.4 Å². The van der Waals surface area contributed by atoms with Crippen molar-refractivity contribution in [2.75, 3.05) is 6.54 Å². The van der Waals surface area contributed by atoms with Crippen molar-refractivity contribution in [3.63, 3.8) is 0 Å². The summed E-state index contributed by atoms with van der Waals surface area (Å²) >= 11 is 0. The van der Waals surface area contributed by atoms with Crippen LogP contribution in [0.15, 0.2) is 30.3 Å². The minimum absolute atomic E-state index is 0.0205. The monoisotopic (exact) mass is 769 g/mol.